The predicted molar refractivity (Wildman–Crippen MR) is 51.5 cm³/mol. The second kappa shape index (κ2) is 3.46. The van der Waals surface area contributed by atoms with Crippen LogP contribution >= 0.6 is 0 Å². The molecule has 1 aromatic rings. The summed E-state index contributed by atoms with van der Waals surface area (Å²) in [5.74, 6) is -0.657. The van der Waals surface area contributed by atoms with Gasteiger partial charge in [-0.15, -0.1) is 0 Å². The monoisotopic (exact) mass is 187 g/mol. The zero-order chi connectivity index (χ0) is 9.97. The van der Waals surface area contributed by atoms with Crippen LogP contribution in [0.4, 0.5) is 0 Å². The number of amides is 2. The van der Waals surface area contributed by atoms with E-state index in [2.05, 4.69) is 24.3 Å². The van der Waals surface area contributed by atoms with Crippen molar-refractivity contribution in [3.05, 3.63) is 47.5 Å². The summed E-state index contributed by atoms with van der Waals surface area (Å²) in [5, 5.41) is 2.03. The molecule has 0 spiro atoms. The van der Waals surface area contributed by atoms with Gasteiger partial charge in [-0.3, -0.25) is 14.9 Å². The smallest absolute Gasteiger partial charge is 0.250 e. The molecule has 70 valence electrons. The van der Waals surface area contributed by atoms with Crippen LogP contribution in [0.1, 0.15) is 11.1 Å². The standard InChI is InChI=1S/C7H6.C4H3NO2/c1-2-6-4-7(3-1)5-6;6-3-1-2-4(7)5-3/h1-4H,5H2;1-2H,(H,5,6,7). The number of fused-ring (bicyclic) bond motifs is 2. The minimum atomic E-state index is -0.329. The fraction of sp³-hybridized carbons (Fsp3) is 0.0909. The van der Waals surface area contributed by atoms with Gasteiger partial charge in [0.05, 0.1) is 0 Å². The van der Waals surface area contributed by atoms with E-state index in [0.29, 0.717) is 0 Å². The molecule has 0 radical (unpaired) electrons. The number of benzene rings is 1. The number of rotatable bonds is 0. The first kappa shape index (κ1) is 8.69. The van der Waals surface area contributed by atoms with Crippen molar-refractivity contribution in [3.8, 4) is 0 Å². The summed E-state index contributed by atoms with van der Waals surface area (Å²) in [6, 6.07) is 8.65. The van der Waals surface area contributed by atoms with Crippen LogP contribution in [0.2, 0.25) is 0 Å². The number of carbonyl (C=O) groups is 2. The average Bonchev–Trinajstić information content (AvgIpc) is 2.51. The van der Waals surface area contributed by atoms with Gasteiger partial charge in [0, 0.05) is 12.2 Å². The molecule has 0 atom stereocenters. The molecule has 1 heterocycles. The van der Waals surface area contributed by atoms with Crippen molar-refractivity contribution in [3.63, 3.8) is 0 Å². The van der Waals surface area contributed by atoms with E-state index in [1.165, 1.54) is 29.7 Å². The van der Waals surface area contributed by atoms with E-state index in [-0.39, 0.29) is 11.8 Å². The molecule has 2 bridgehead atoms. The Morgan fingerprint density at radius 3 is 1.64 bits per heavy atom. The van der Waals surface area contributed by atoms with Gasteiger partial charge in [-0.2, -0.15) is 0 Å². The summed E-state index contributed by atoms with van der Waals surface area (Å²) in [6.07, 6.45) is 3.61. The summed E-state index contributed by atoms with van der Waals surface area (Å²) < 4.78 is 0. The third kappa shape index (κ3) is 1.88. The lowest BCUT2D eigenvalue weighted by Crippen LogP contribution is -2.19. The molecular weight excluding hydrogens is 178 g/mol. The molecule has 3 aliphatic rings. The second-order valence-corrected chi connectivity index (χ2v) is 3.18. The Labute approximate surface area is 81.4 Å². The Morgan fingerprint density at radius 2 is 1.50 bits per heavy atom. The second-order valence-electron chi connectivity index (χ2n) is 3.18. The normalized spacial score (nSPS) is 15.4. The zero-order valence-corrected chi connectivity index (χ0v) is 7.49. The molecule has 3 heteroatoms. The molecule has 0 unspecified atom stereocenters. The Balaban J connectivity index is 0.000000107. The summed E-state index contributed by atoms with van der Waals surface area (Å²) >= 11 is 0. The lowest BCUT2D eigenvalue weighted by Gasteiger charge is -2.11. The van der Waals surface area contributed by atoms with Gasteiger partial charge in [-0.25, -0.2) is 0 Å². The molecule has 0 saturated heterocycles. The van der Waals surface area contributed by atoms with Crippen LogP contribution in [0.25, 0.3) is 0 Å². The van der Waals surface area contributed by atoms with Crippen LogP contribution in [0, 0.1) is 0 Å². The van der Waals surface area contributed by atoms with E-state index < -0.39 is 0 Å². The van der Waals surface area contributed by atoms with Gasteiger partial charge in [-0.05, 0) is 17.5 Å². The minimum Gasteiger partial charge on any atom is -0.289 e. The molecule has 3 nitrogen and oxygen atoms in total. The van der Waals surface area contributed by atoms with E-state index in [0.717, 1.165) is 0 Å². The fourth-order valence-electron chi connectivity index (χ4n) is 1.31. The number of carbonyl (C=O) groups excluding carboxylic acids is 2. The van der Waals surface area contributed by atoms with E-state index in [1.807, 2.05) is 5.32 Å². The van der Waals surface area contributed by atoms with Gasteiger partial charge in [0.15, 0.2) is 0 Å². The Morgan fingerprint density at radius 1 is 1.00 bits per heavy atom. The van der Waals surface area contributed by atoms with Crippen LogP contribution in [-0.4, -0.2) is 11.8 Å². The molecular formula is C11H9NO2. The molecule has 2 amide bonds. The van der Waals surface area contributed by atoms with Crippen LogP contribution in [-0.2, 0) is 16.0 Å². The van der Waals surface area contributed by atoms with E-state index in [4.69, 9.17) is 0 Å². The highest BCUT2D eigenvalue weighted by atomic mass is 16.2. The number of nitrogens with one attached hydrogen (secondary N) is 1. The number of hydrogen-bond donors (Lipinski definition) is 1. The maximum absolute atomic E-state index is 10.0. The van der Waals surface area contributed by atoms with Gasteiger partial charge in [0.1, 0.15) is 0 Å². The van der Waals surface area contributed by atoms with Gasteiger partial charge < -0.3 is 0 Å². The predicted octanol–water partition coefficient (Wildman–Crippen LogP) is 0.790. The van der Waals surface area contributed by atoms with Crippen molar-refractivity contribution in [2.24, 2.45) is 0 Å². The van der Waals surface area contributed by atoms with Crippen LogP contribution in [0.3, 0.4) is 0 Å². The van der Waals surface area contributed by atoms with Crippen molar-refractivity contribution in [2.45, 2.75) is 6.42 Å². The third-order valence-electron chi connectivity index (χ3n) is 2.03. The summed E-state index contributed by atoms with van der Waals surface area (Å²) in [4.78, 5) is 20.1. The largest absolute Gasteiger partial charge is 0.289 e. The molecule has 14 heavy (non-hydrogen) atoms. The molecule has 1 aromatic carbocycles. The van der Waals surface area contributed by atoms with Crippen LogP contribution in [0.15, 0.2) is 36.4 Å². The Hall–Kier alpha value is -1.90. The quantitative estimate of drug-likeness (QED) is 0.620. The highest BCUT2D eigenvalue weighted by Gasteiger charge is 2.06. The Kier molecular flexibility index (Phi) is 2.14. The van der Waals surface area contributed by atoms with E-state index >= 15 is 0 Å². The molecule has 0 fully saturated rings. The molecule has 4 rings (SSSR count). The topological polar surface area (TPSA) is 46.2 Å². The SMILES string of the molecule is O=C1C=CC(=O)N1.c1cc2cc(c1)C2. The highest BCUT2D eigenvalue weighted by Crippen LogP contribution is 2.18. The van der Waals surface area contributed by atoms with Gasteiger partial charge >= 0.3 is 0 Å². The van der Waals surface area contributed by atoms with Crippen molar-refractivity contribution < 1.29 is 9.59 Å². The number of hydrogen-bond acceptors (Lipinski definition) is 2. The maximum atomic E-state index is 10.0. The molecule has 2 aliphatic carbocycles. The molecule has 0 saturated carbocycles. The van der Waals surface area contributed by atoms with E-state index in [1.54, 1.807) is 0 Å². The summed E-state index contributed by atoms with van der Waals surface area (Å²) in [7, 11) is 0. The first-order valence-electron chi connectivity index (χ1n) is 4.35. The third-order valence-corrected chi connectivity index (χ3v) is 2.03. The van der Waals surface area contributed by atoms with Gasteiger partial charge in [0.2, 0.25) is 0 Å². The summed E-state index contributed by atoms with van der Waals surface area (Å²) in [5.41, 5.74) is 2.97. The molecule has 0 aromatic heterocycles. The van der Waals surface area contributed by atoms with Crippen molar-refractivity contribution in [2.75, 3.05) is 0 Å². The zero-order valence-electron chi connectivity index (χ0n) is 7.49. The maximum Gasteiger partial charge on any atom is 0.250 e. The van der Waals surface area contributed by atoms with Gasteiger partial charge in [-0.1, -0.05) is 24.3 Å². The first-order valence-corrected chi connectivity index (χ1v) is 4.35. The minimum absolute atomic E-state index is 0.329. The number of imide groups is 1. The van der Waals surface area contributed by atoms with Crippen molar-refractivity contribution in [1.29, 1.82) is 0 Å². The van der Waals surface area contributed by atoms with Gasteiger partial charge in [0.25, 0.3) is 11.8 Å². The average molecular weight is 187 g/mol. The van der Waals surface area contributed by atoms with Crippen molar-refractivity contribution in [1.82, 2.24) is 5.32 Å². The highest BCUT2D eigenvalue weighted by molar-refractivity contribution is 6.12. The molecule has 1 aliphatic heterocycles. The van der Waals surface area contributed by atoms with Crippen LogP contribution < -0.4 is 5.32 Å². The lowest BCUT2D eigenvalue weighted by molar-refractivity contribution is -0.123. The lowest BCUT2D eigenvalue weighted by atomic mass is 9.94. The Bertz CT molecular complexity index is 380. The van der Waals surface area contributed by atoms with E-state index in [9.17, 15) is 9.59 Å². The summed E-state index contributed by atoms with van der Waals surface area (Å²) in [6.45, 7) is 0. The van der Waals surface area contributed by atoms with Crippen LogP contribution in [0.5, 0.6) is 0 Å². The first-order chi connectivity index (χ1) is 6.74. The van der Waals surface area contributed by atoms with Crippen molar-refractivity contribution >= 4 is 11.8 Å². The fourth-order valence-corrected chi connectivity index (χ4v) is 1.31. The molecule has 1 N–H and O–H groups in total.